The van der Waals surface area contributed by atoms with Gasteiger partial charge in [-0.2, -0.15) is 18.4 Å². The first-order valence-electron chi connectivity index (χ1n) is 6.14. The van der Waals surface area contributed by atoms with Crippen molar-refractivity contribution in [1.29, 1.82) is 5.26 Å². The van der Waals surface area contributed by atoms with Crippen LogP contribution in [-0.4, -0.2) is 25.4 Å². The molecule has 20 heavy (non-hydrogen) atoms. The quantitative estimate of drug-likeness (QED) is 0.874. The van der Waals surface area contributed by atoms with Crippen LogP contribution in [0, 0.1) is 11.3 Å². The molecule has 1 unspecified atom stereocenters. The second kappa shape index (κ2) is 6.62. The summed E-state index contributed by atoms with van der Waals surface area (Å²) >= 11 is 0. The highest BCUT2D eigenvalue weighted by Gasteiger charge is 2.32. The molecule has 1 aromatic rings. The van der Waals surface area contributed by atoms with Crippen LogP contribution in [0.3, 0.4) is 0 Å². The number of hydrogen-bond donors (Lipinski definition) is 1. The van der Waals surface area contributed by atoms with Crippen LogP contribution in [0.25, 0.3) is 0 Å². The molecule has 1 N–H and O–H groups in total. The van der Waals surface area contributed by atoms with Gasteiger partial charge < -0.3 is 4.74 Å². The second-order valence-corrected chi connectivity index (χ2v) is 4.76. The largest absolute Gasteiger partial charge is 0.497 e. The number of nitrogens with one attached hydrogen (secondary N) is 1. The van der Waals surface area contributed by atoms with Gasteiger partial charge in [-0.15, -0.1) is 0 Å². The number of alkyl halides is 3. The molecule has 1 rings (SSSR count). The molecule has 0 aliphatic carbocycles. The maximum absolute atomic E-state index is 12.2. The van der Waals surface area contributed by atoms with Gasteiger partial charge in [-0.25, -0.2) is 0 Å². The van der Waals surface area contributed by atoms with E-state index in [-0.39, 0.29) is 0 Å². The van der Waals surface area contributed by atoms with Gasteiger partial charge in [0, 0.05) is 0 Å². The van der Waals surface area contributed by atoms with E-state index in [0.717, 1.165) is 5.56 Å². The first-order valence-corrected chi connectivity index (χ1v) is 6.14. The SMILES string of the molecule is COc1ccc(CCC(C)(C#N)NCC(F)(F)F)cc1. The van der Waals surface area contributed by atoms with E-state index in [0.29, 0.717) is 18.6 Å². The van der Waals surface area contributed by atoms with Gasteiger partial charge in [0.15, 0.2) is 0 Å². The Balaban J connectivity index is 2.57. The first-order chi connectivity index (χ1) is 9.28. The van der Waals surface area contributed by atoms with Gasteiger partial charge >= 0.3 is 6.18 Å². The van der Waals surface area contributed by atoms with Gasteiger partial charge in [0.1, 0.15) is 11.3 Å². The van der Waals surface area contributed by atoms with Crippen molar-refractivity contribution in [2.45, 2.75) is 31.5 Å². The molecule has 0 bridgehead atoms. The maximum atomic E-state index is 12.2. The average molecular weight is 286 g/mol. The van der Waals surface area contributed by atoms with Crippen LogP contribution in [0.5, 0.6) is 5.75 Å². The van der Waals surface area contributed by atoms with Crippen molar-refractivity contribution in [2.75, 3.05) is 13.7 Å². The van der Waals surface area contributed by atoms with Gasteiger partial charge in [-0.1, -0.05) is 12.1 Å². The molecule has 1 aromatic carbocycles. The Bertz CT molecular complexity index is 465. The highest BCUT2D eigenvalue weighted by molar-refractivity contribution is 5.27. The third-order valence-electron chi connectivity index (χ3n) is 3.00. The lowest BCUT2D eigenvalue weighted by Gasteiger charge is -2.24. The molecular weight excluding hydrogens is 269 g/mol. The van der Waals surface area contributed by atoms with Gasteiger partial charge in [0.25, 0.3) is 0 Å². The average Bonchev–Trinajstić information content (AvgIpc) is 2.43. The fraction of sp³-hybridized carbons (Fsp3) is 0.500. The van der Waals surface area contributed by atoms with Crippen LogP contribution in [0.2, 0.25) is 0 Å². The van der Waals surface area contributed by atoms with Crippen molar-refractivity contribution in [3.8, 4) is 11.8 Å². The molecule has 0 aliphatic heterocycles. The molecule has 0 aromatic heterocycles. The zero-order chi connectivity index (χ0) is 15.2. The molecule has 0 radical (unpaired) electrons. The smallest absolute Gasteiger partial charge is 0.401 e. The van der Waals surface area contributed by atoms with Gasteiger partial charge in [0.2, 0.25) is 0 Å². The Hall–Kier alpha value is -1.74. The Morgan fingerprint density at radius 1 is 1.25 bits per heavy atom. The zero-order valence-corrected chi connectivity index (χ0v) is 11.4. The standard InChI is InChI=1S/C14H17F3N2O/c1-13(9-18,19-10-14(15,16)17)8-7-11-3-5-12(20-2)6-4-11/h3-6,19H,7-8,10H2,1-2H3. The predicted molar refractivity (Wildman–Crippen MR) is 69.4 cm³/mol. The van der Waals surface area contributed by atoms with E-state index >= 15 is 0 Å². The van der Waals surface area contributed by atoms with E-state index in [1.807, 2.05) is 18.2 Å². The van der Waals surface area contributed by atoms with Gasteiger partial charge in [0.05, 0.1) is 19.7 Å². The predicted octanol–water partition coefficient (Wildman–Crippen LogP) is 3.06. The number of aryl methyl sites for hydroxylation is 1. The summed E-state index contributed by atoms with van der Waals surface area (Å²) in [5, 5.41) is 11.3. The van der Waals surface area contributed by atoms with Crippen molar-refractivity contribution in [3.05, 3.63) is 29.8 Å². The van der Waals surface area contributed by atoms with Crippen LogP contribution in [-0.2, 0) is 6.42 Å². The van der Waals surface area contributed by atoms with Crippen molar-refractivity contribution < 1.29 is 17.9 Å². The maximum Gasteiger partial charge on any atom is 0.401 e. The fourth-order valence-corrected chi connectivity index (χ4v) is 1.67. The van der Waals surface area contributed by atoms with E-state index in [4.69, 9.17) is 10.00 Å². The molecule has 0 aliphatic rings. The van der Waals surface area contributed by atoms with Crippen LogP contribution in [0.15, 0.2) is 24.3 Å². The topological polar surface area (TPSA) is 45.0 Å². The lowest BCUT2D eigenvalue weighted by atomic mass is 9.94. The first kappa shape index (κ1) is 16.3. The molecule has 110 valence electrons. The Labute approximate surface area is 116 Å². The van der Waals surface area contributed by atoms with Gasteiger partial charge in [-0.3, -0.25) is 5.32 Å². The summed E-state index contributed by atoms with van der Waals surface area (Å²) in [6.07, 6.45) is -3.51. The molecular formula is C14H17F3N2O. The minimum atomic E-state index is -4.32. The number of rotatable bonds is 6. The minimum absolute atomic E-state index is 0.298. The number of ether oxygens (including phenoxy) is 1. The summed E-state index contributed by atoms with van der Waals surface area (Å²) < 4.78 is 41.6. The summed E-state index contributed by atoms with van der Waals surface area (Å²) in [5.74, 6) is 0.715. The molecule has 6 heteroatoms. The molecule has 0 saturated carbocycles. The second-order valence-electron chi connectivity index (χ2n) is 4.76. The monoisotopic (exact) mass is 286 g/mol. The van der Waals surface area contributed by atoms with E-state index < -0.39 is 18.3 Å². The lowest BCUT2D eigenvalue weighted by molar-refractivity contribution is -0.127. The molecule has 0 fully saturated rings. The number of methoxy groups -OCH3 is 1. The van der Waals surface area contributed by atoms with E-state index in [2.05, 4.69) is 5.32 Å². The Morgan fingerprint density at radius 2 is 1.85 bits per heavy atom. The highest BCUT2D eigenvalue weighted by Crippen LogP contribution is 2.19. The Morgan fingerprint density at radius 3 is 2.30 bits per heavy atom. The molecule has 3 nitrogen and oxygen atoms in total. The van der Waals surface area contributed by atoms with Gasteiger partial charge in [-0.05, 0) is 37.5 Å². The summed E-state index contributed by atoms with van der Waals surface area (Å²) in [7, 11) is 1.56. The molecule has 1 atom stereocenters. The molecule has 0 amide bonds. The number of benzene rings is 1. The van der Waals surface area contributed by atoms with Crippen LogP contribution in [0.1, 0.15) is 18.9 Å². The van der Waals surface area contributed by atoms with Crippen molar-refractivity contribution >= 4 is 0 Å². The number of nitrogens with zero attached hydrogens (tertiary/aromatic N) is 1. The highest BCUT2D eigenvalue weighted by atomic mass is 19.4. The normalized spacial score (nSPS) is 14.4. The third kappa shape index (κ3) is 5.49. The minimum Gasteiger partial charge on any atom is -0.497 e. The van der Waals surface area contributed by atoms with Crippen LogP contribution in [0.4, 0.5) is 13.2 Å². The number of hydrogen-bond acceptors (Lipinski definition) is 3. The van der Waals surface area contributed by atoms with Crippen molar-refractivity contribution in [2.24, 2.45) is 0 Å². The van der Waals surface area contributed by atoms with E-state index in [1.54, 1.807) is 19.2 Å². The Kier molecular flexibility index (Phi) is 5.40. The summed E-state index contributed by atoms with van der Waals surface area (Å²) in [6, 6.07) is 9.14. The van der Waals surface area contributed by atoms with Crippen molar-refractivity contribution in [1.82, 2.24) is 5.32 Å². The van der Waals surface area contributed by atoms with Crippen LogP contribution >= 0.6 is 0 Å². The van der Waals surface area contributed by atoms with E-state index in [9.17, 15) is 13.2 Å². The number of nitriles is 1. The van der Waals surface area contributed by atoms with Crippen molar-refractivity contribution in [3.63, 3.8) is 0 Å². The van der Waals surface area contributed by atoms with Crippen LogP contribution < -0.4 is 10.1 Å². The molecule has 0 saturated heterocycles. The van der Waals surface area contributed by atoms with E-state index in [1.165, 1.54) is 6.92 Å². The zero-order valence-electron chi connectivity index (χ0n) is 11.4. The fourth-order valence-electron chi connectivity index (χ4n) is 1.67. The number of halogens is 3. The lowest BCUT2D eigenvalue weighted by Crippen LogP contribution is -2.46. The third-order valence-corrected chi connectivity index (χ3v) is 3.00. The molecule has 0 heterocycles. The molecule has 0 spiro atoms. The summed E-state index contributed by atoms with van der Waals surface area (Å²) in [6.45, 7) is 0.307. The summed E-state index contributed by atoms with van der Waals surface area (Å²) in [4.78, 5) is 0. The summed E-state index contributed by atoms with van der Waals surface area (Å²) in [5.41, 5.74) is -0.254.